The standard InChI is InChI=1S/C24H21Cl2N3O2/c25-20-8-5-18(15-21(20)26)24(31)29-13-1-2-22(29)23(30)28-19-6-3-16(4-7-19)14-17-9-11-27-12-10-17/h3-12,15,22H,1-2,13-14H2,(H,28,30). The van der Waals surface area contributed by atoms with Crippen molar-refractivity contribution in [2.24, 2.45) is 0 Å². The predicted molar refractivity (Wildman–Crippen MR) is 123 cm³/mol. The number of carbonyl (C=O) groups excluding carboxylic acids is 2. The number of likely N-dealkylation sites (tertiary alicyclic amines) is 1. The molecule has 2 amide bonds. The summed E-state index contributed by atoms with van der Waals surface area (Å²) in [6.45, 7) is 0.530. The van der Waals surface area contributed by atoms with E-state index in [0.29, 0.717) is 34.3 Å². The van der Waals surface area contributed by atoms with Gasteiger partial charge < -0.3 is 10.2 Å². The first-order chi connectivity index (χ1) is 15.0. The zero-order valence-electron chi connectivity index (χ0n) is 16.7. The van der Waals surface area contributed by atoms with E-state index in [-0.39, 0.29) is 11.8 Å². The van der Waals surface area contributed by atoms with Gasteiger partial charge in [-0.3, -0.25) is 14.6 Å². The number of halogens is 2. The SMILES string of the molecule is O=C(Nc1ccc(Cc2ccncc2)cc1)C1CCCN1C(=O)c1ccc(Cl)c(Cl)c1. The number of rotatable bonds is 5. The van der Waals surface area contributed by atoms with Crippen molar-refractivity contribution in [2.45, 2.75) is 25.3 Å². The third kappa shape index (κ3) is 5.06. The number of nitrogens with zero attached hydrogens (tertiary/aromatic N) is 2. The van der Waals surface area contributed by atoms with Crippen LogP contribution in [0.5, 0.6) is 0 Å². The summed E-state index contributed by atoms with van der Waals surface area (Å²) in [4.78, 5) is 31.5. The fourth-order valence-electron chi connectivity index (χ4n) is 3.75. The van der Waals surface area contributed by atoms with Gasteiger partial charge in [0.15, 0.2) is 0 Å². The maximum atomic E-state index is 12.9. The molecule has 158 valence electrons. The Bertz CT molecular complexity index is 1090. The molecule has 1 aromatic heterocycles. The molecule has 1 saturated heterocycles. The third-order valence-corrected chi connectivity index (χ3v) is 6.10. The summed E-state index contributed by atoms with van der Waals surface area (Å²) in [5, 5.41) is 3.65. The molecule has 0 saturated carbocycles. The van der Waals surface area contributed by atoms with Crippen molar-refractivity contribution in [1.29, 1.82) is 0 Å². The molecule has 2 aromatic carbocycles. The molecule has 0 bridgehead atoms. The van der Waals surface area contributed by atoms with Gasteiger partial charge in [0.2, 0.25) is 5.91 Å². The Morgan fingerprint density at radius 2 is 1.68 bits per heavy atom. The molecule has 0 aliphatic carbocycles. The van der Waals surface area contributed by atoms with Crippen molar-refractivity contribution in [3.05, 3.63) is 93.7 Å². The molecule has 7 heteroatoms. The van der Waals surface area contributed by atoms with Crippen LogP contribution in [0.3, 0.4) is 0 Å². The molecule has 3 aromatic rings. The normalized spacial score (nSPS) is 15.7. The van der Waals surface area contributed by atoms with E-state index in [1.807, 2.05) is 36.4 Å². The molecule has 5 nitrogen and oxygen atoms in total. The van der Waals surface area contributed by atoms with E-state index in [9.17, 15) is 9.59 Å². The van der Waals surface area contributed by atoms with Crippen LogP contribution in [0.4, 0.5) is 5.69 Å². The van der Waals surface area contributed by atoms with Crippen LogP contribution in [0.25, 0.3) is 0 Å². The van der Waals surface area contributed by atoms with Crippen LogP contribution in [0.1, 0.15) is 34.3 Å². The van der Waals surface area contributed by atoms with E-state index < -0.39 is 6.04 Å². The molecule has 1 aliphatic rings. The Morgan fingerprint density at radius 1 is 0.968 bits per heavy atom. The Morgan fingerprint density at radius 3 is 2.39 bits per heavy atom. The van der Waals surface area contributed by atoms with Crippen molar-refractivity contribution >= 4 is 40.7 Å². The van der Waals surface area contributed by atoms with E-state index in [1.165, 1.54) is 5.56 Å². The number of anilines is 1. The number of nitrogens with one attached hydrogen (secondary N) is 1. The summed E-state index contributed by atoms with van der Waals surface area (Å²) >= 11 is 12.0. The van der Waals surface area contributed by atoms with E-state index in [2.05, 4.69) is 10.3 Å². The van der Waals surface area contributed by atoms with Gasteiger partial charge in [-0.2, -0.15) is 0 Å². The smallest absolute Gasteiger partial charge is 0.254 e. The molecule has 1 aliphatic heterocycles. The number of pyridine rings is 1. The molecular formula is C24H21Cl2N3O2. The summed E-state index contributed by atoms with van der Waals surface area (Å²) in [7, 11) is 0. The maximum Gasteiger partial charge on any atom is 0.254 e. The molecule has 2 heterocycles. The van der Waals surface area contributed by atoms with E-state index in [1.54, 1.807) is 35.5 Å². The van der Waals surface area contributed by atoms with E-state index in [0.717, 1.165) is 18.4 Å². The van der Waals surface area contributed by atoms with Crippen molar-refractivity contribution in [1.82, 2.24) is 9.88 Å². The lowest BCUT2D eigenvalue weighted by atomic mass is 10.1. The van der Waals surface area contributed by atoms with Gasteiger partial charge in [0.25, 0.3) is 5.91 Å². The highest BCUT2D eigenvalue weighted by atomic mass is 35.5. The van der Waals surface area contributed by atoms with Gasteiger partial charge in [-0.05, 0) is 72.9 Å². The first-order valence-corrected chi connectivity index (χ1v) is 10.8. The van der Waals surface area contributed by atoms with Crippen LogP contribution in [0.15, 0.2) is 67.0 Å². The second kappa shape index (κ2) is 9.50. The van der Waals surface area contributed by atoms with Crippen LogP contribution in [-0.4, -0.2) is 34.3 Å². The number of hydrogen-bond acceptors (Lipinski definition) is 3. The van der Waals surface area contributed by atoms with Crippen LogP contribution in [0.2, 0.25) is 10.0 Å². The summed E-state index contributed by atoms with van der Waals surface area (Å²) in [6.07, 6.45) is 5.74. The lowest BCUT2D eigenvalue weighted by Gasteiger charge is -2.24. The van der Waals surface area contributed by atoms with Gasteiger partial charge in [-0.1, -0.05) is 35.3 Å². The molecule has 31 heavy (non-hydrogen) atoms. The van der Waals surface area contributed by atoms with Crippen molar-refractivity contribution < 1.29 is 9.59 Å². The van der Waals surface area contributed by atoms with Crippen LogP contribution < -0.4 is 5.32 Å². The number of amides is 2. The Kier molecular flexibility index (Phi) is 6.54. The molecule has 1 atom stereocenters. The number of hydrogen-bond donors (Lipinski definition) is 1. The van der Waals surface area contributed by atoms with Crippen molar-refractivity contribution in [2.75, 3.05) is 11.9 Å². The van der Waals surface area contributed by atoms with Gasteiger partial charge in [0.05, 0.1) is 10.0 Å². The van der Waals surface area contributed by atoms with Crippen LogP contribution in [0, 0.1) is 0 Å². The largest absolute Gasteiger partial charge is 0.327 e. The Labute approximate surface area is 191 Å². The molecular weight excluding hydrogens is 433 g/mol. The second-order valence-corrected chi connectivity index (χ2v) is 8.32. The van der Waals surface area contributed by atoms with Gasteiger partial charge in [-0.15, -0.1) is 0 Å². The number of carbonyl (C=O) groups is 2. The fourth-order valence-corrected chi connectivity index (χ4v) is 4.04. The zero-order chi connectivity index (χ0) is 21.8. The Balaban J connectivity index is 1.41. The van der Waals surface area contributed by atoms with Gasteiger partial charge >= 0.3 is 0 Å². The molecule has 1 N–H and O–H groups in total. The predicted octanol–water partition coefficient (Wildman–Crippen LogP) is 5.22. The monoisotopic (exact) mass is 453 g/mol. The quantitative estimate of drug-likeness (QED) is 0.575. The molecule has 0 spiro atoms. The zero-order valence-corrected chi connectivity index (χ0v) is 18.2. The van der Waals surface area contributed by atoms with Crippen LogP contribution >= 0.6 is 23.2 Å². The highest BCUT2D eigenvalue weighted by molar-refractivity contribution is 6.42. The highest BCUT2D eigenvalue weighted by Crippen LogP contribution is 2.26. The van der Waals surface area contributed by atoms with Crippen LogP contribution in [-0.2, 0) is 11.2 Å². The summed E-state index contributed by atoms with van der Waals surface area (Å²) in [5.41, 5.74) is 3.45. The van der Waals surface area contributed by atoms with Gasteiger partial charge in [0, 0.05) is 30.2 Å². The first-order valence-electron chi connectivity index (χ1n) is 10.1. The third-order valence-electron chi connectivity index (χ3n) is 5.36. The number of benzene rings is 2. The average molecular weight is 454 g/mol. The molecule has 4 rings (SSSR count). The lowest BCUT2D eigenvalue weighted by Crippen LogP contribution is -2.43. The first kappa shape index (κ1) is 21.3. The van der Waals surface area contributed by atoms with Gasteiger partial charge in [-0.25, -0.2) is 0 Å². The van der Waals surface area contributed by atoms with E-state index in [4.69, 9.17) is 23.2 Å². The average Bonchev–Trinajstić information content (AvgIpc) is 3.27. The minimum absolute atomic E-state index is 0.187. The minimum atomic E-state index is -0.515. The summed E-state index contributed by atoms with van der Waals surface area (Å²) in [5.74, 6) is -0.406. The summed E-state index contributed by atoms with van der Waals surface area (Å²) in [6, 6.07) is 16.0. The molecule has 1 unspecified atom stereocenters. The van der Waals surface area contributed by atoms with Crippen molar-refractivity contribution in [3.63, 3.8) is 0 Å². The van der Waals surface area contributed by atoms with E-state index >= 15 is 0 Å². The molecule has 1 fully saturated rings. The van der Waals surface area contributed by atoms with Gasteiger partial charge in [0.1, 0.15) is 6.04 Å². The maximum absolute atomic E-state index is 12.9. The van der Waals surface area contributed by atoms with Crippen molar-refractivity contribution in [3.8, 4) is 0 Å². The topological polar surface area (TPSA) is 62.3 Å². The summed E-state index contributed by atoms with van der Waals surface area (Å²) < 4.78 is 0. The fraction of sp³-hybridized carbons (Fsp3) is 0.208. The lowest BCUT2D eigenvalue weighted by molar-refractivity contribution is -0.119. The molecule has 0 radical (unpaired) electrons. The minimum Gasteiger partial charge on any atom is -0.327 e. The highest BCUT2D eigenvalue weighted by Gasteiger charge is 2.34. The number of aromatic nitrogens is 1. The Hall–Kier alpha value is -2.89. The second-order valence-electron chi connectivity index (χ2n) is 7.50.